The summed E-state index contributed by atoms with van der Waals surface area (Å²) < 4.78 is 0. The standard InChI is InChI=1S/C13H21BrN2O2/c1-11(2)12(3)4-5-13(11,8(14)9(12)17)10(18)16-7-6-15/h8H,4-7,15H2,1-3H3,(H,16,18)/t8-,12+,13-/m0/s1. The molecule has 0 radical (unpaired) electrons. The average molecular weight is 317 g/mol. The minimum atomic E-state index is -0.631. The molecule has 2 aliphatic rings. The number of nitrogens with two attached hydrogens (primary N) is 1. The molecule has 2 bridgehead atoms. The molecule has 0 unspecified atom stereocenters. The fraction of sp³-hybridized carbons (Fsp3) is 0.846. The van der Waals surface area contributed by atoms with E-state index < -0.39 is 10.8 Å². The van der Waals surface area contributed by atoms with Gasteiger partial charge in [0.15, 0.2) is 5.78 Å². The Labute approximate surface area is 116 Å². The third-order valence-corrected chi connectivity index (χ3v) is 6.75. The van der Waals surface area contributed by atoms with E-state index in [1.165, 1.54) is 0 Å². The third kappa shape index (κ3) is 1.29. The van der Waals surface area contributed by atoms with Crippen molar-refractivity contribution < 1.29 is 9.59 Å². The summed E-state index contributed by atoms with van der Waals surface area (Å²) in [6.07, 6.45) is 1.55. The molecule has 2 fully saturated rings. The molecular weight excluding hydrogens is 296 g/mol. The molecule has 18 heavy (non-hydrogen) atoms. The highest BCUT2D eigenvalue weighted by molar-refractivity contribution is 9.10. The lowest BCUT2D eigenvalue weighted by atomic mass is 9.64. The maximum absolute atomic E-state index is 12.5. The maximum Gasteiger partial charge on any atom is 0.228 e. The van der Waals surface area contributed by atoms with Gasteiger partial charge in [-0.2, -0.15) is 0 Å². The molecule has 102 valence electrons. The Kier molecular flexibility index (Phi) is 3.14. The fourth-order valence-corrected chi connectivity index (χ4v) is 5.31. The van der Waals surface area contributed by atoms with Crippen LogP contribution in [0.2, 0.25) is 0 Å². The Balaban J connectivity index is 2.43. The molecule has 0 spiro atoms. The van der Waals surface area contributed by atoms with Crippen molar-refractivity contribution in [2.75, 3.05) is 13.1 Å². The predicted octanol–water partition coefficient (Wildman–Crippen LogP) is 1.22. The van der Waals surface area contributed by atoms with Gasteiger partial charge in [0.1, 0.15) is 0 Å². The van der Waals surface area contributed by atoms with Crippen molar-refractivity contribution in [2.45, 2.75) is 38.4 Å². The van der Waals surface area contributed by atoms with E-state index in [2.05, 4.69) is 21.2 Å². The highest BCUT2D eigenvalue weighted by atomic mass is 79.9. The number of halogens is 1. The molecule has 2 aliphatic carbocycles. The predicted molar refractivity (Wildman–Crippen MR) is 73.3 cm³/mol. The van der Waals surface area contributed by atoms with Gasteiger partial charge in [-0.05, 0) is 18.3 Å². The van der Waals surface area contributed by atoms with Crippen LogP contribution in [0.4, 0.5) is 0 Å². The zero-order valence-electron chi connectivity index (χ0n) is 11.2. The number of Topliss-reactive ketones (excluding diaryl/α,β-unsaturated/α-hetero) is 1. The van der Waals surface area contributed by atoms with Gasteiger partial charge in [0.2, 0.25) is 5.91 Å². The van der Waals surface area contributed by atoms with Gasteiger partial charge in [-0.1, -0.05) is 36.7 Å². The molecule has 0 aromatic rings. The van der Waals surface area contributed by atoms with Crippen LogP contribution in [-0.2, 0) is 9.59 Å². The van der Waals surface area contributed by atoms with Crippen LogP contribution < -0.4 is 11.1 Å². The highest BCUT2D eigenvalue weighted by Gasteiger charge is 2.76. The molecule has 3 N–H and O–H groups in total. The van der Waals surface area contributed by atoms with E-state index in [9.17, 15) is 9.59 Å². The van der Waals surface area contributed by atoms with Crippen molar-refractivity contribution in [1.29, 1.82) is 0 Å². The van der Waals surface area contributed by atoms with E-state index in [0.717, 1.165) is 12.8 Å². The van der Waals surface area contributed by atoms with E-state index in [4.69, 9.17) is 5.73 Å². The number of carbonyl (C=O) groups excluding carboxylic acids is 2. The number of hydrogen-bond donors (Lipinski definition) is 2. The molecule has 0 aromatic heterocycles. The summed E-state index contributed by atoms with van der Waals surface area (Å²) in [5.41, 5.74) is 4.07. The number of alkyl halides is 1. The number of ketones is 1. The molecule has 0 heterocycles. The van der Waals surface area contributed by atoms with Gasteiger partial charge >= 0.3 is 0 Å². The Morgan fingerprint density at radius 2 is 2.06 bits per heavy atom. The summed E-state index contributed by atoms with van der Waals surface area (Å²) in [6.45, 7) is 6.96. The number of fused-ring (bicyclic) bond motifs is 2. The lowest BCUT2D eigenvalue weighted by Gasteiger charge is -2.39. The second-order valence-corrected chi connectivity index (χ2v) is 7.12. The first-order chi connectivity index (χ1) is 8.25. The van der Waals surface area contributed by atoms with E-state index >= 15 is 0 Å². The van der Waals surface area contributed by atoms with Crippen LogP contribution in [0.25, 0.3) is 0 Å². The summed E-state index contributed by atoms with van der Waals surface area (Å²) in [4.78, 5) is 24.6. The Bertz CT molecular complexity index is 410. The van der Waals surface area contributed by atoms with Crippen molar-refractivity contribution in [3.05, 3.63) is 0 Å². The van der Waals surface area contributed by atoms with Crippen LogP contribution in [0.1, 0.15) is 33.6 Å². The minimum absolute atomic E-state index is 0.0330. The van der Waals surface area contributed by atoms with Gasteiger partial charge in [0.25, 0.3) is 0 Å². The van der Waals surface area contributed by atoms with Crippen LogP contribution in [0.15, 0.2) is 0 Å². The first-order valence-corrected chi connectivity index (χ1v) is 7.34. The monoisotopic (exact) mass is 316 g/mol. The molecule has 2 rings (SSSR count). The molecule has 2 saturated carbocycles. The molecule has 5 heteroatoms. The molecule has 3 atom stereocenters. The zero-order valence-corrected chi connectivity index (χ0v) is 12.8. The number of hydrogen-bond acceptors (Lipinski definition) is 3. The van der Waals surface area contributed by atoms with Crippen LogP contribution in [-0.4, -0.2) is 29.6 Å². The first-order valence-electron chi connectivity index (χ1n) is 6.42. The molecular formula is C13H21BrN2O2. The quantitative estimate of drug-likeness (QED) is 0.769. The van der Waals surface area contributed by atoms with Gasteiger partial charge in [-0.3, -0.25) is 9.59 Å². The van der Waals surface area contributed by atoms with E-state index in [0.29, 0.717) is 13.1 Å². The van der Waals surface area contributed by atoms with Crippen molar-refractivity contribution in [2.24, 2.45) is 22.0 Å². The Morgan fingerprint density at radius 1 is 1.44 bits per heavy atom. The fourth-order valence-electron chi connectivity index (χ4n) is 3.80. The molecule has 0 aliphatic heterocycles. The summed E-state index contributed by atoms with van der Waals surface area (Å²) in [7, 11) is 0. The second-order valence-electron chi connectivity index (χ2n) is 6.20. The third-order valence-electron chi connectivity index (χ3n) is 5.56. The molecule has 4 nitrogen and oxygen atoms in total. The molecule has 1 amide bonds. The smallest absolute Gasteiger partial charge is 0.228 e. The van der Waals surface area contributed by atoms with Crippen LogP contribution in [0, 0.1) is 16.2 Å². The average Bonchev–Trinajstić information content (AvgIpc) is 2.59. The number of nitrogens with one attached hydrogen (secondary N) is 1. The van der Waals surface area contributed by atoms with Gasteiger partial charge in [-0.15, -0.1) is 0 Å². The van der Waals surface area contributed by atoms with Crippen molar-refractivity contribution in [1.82, 2.24) is 5.32 Å². The SMILES string of the molecule is CC1(C)[C@]2(C)CC[C@@]1(C(=O)NCCN)[C@@H](Br)C2=O. The topological polar surface area (TPSA) is 72.2 Å². The molecule has 0 aromatic carbocycles. The first kappa shape index (κ1) is 14.0. The maximum atomic E-state index is 12.5. The highest BCUT2D eigenvalue weighted by Crippen LogP contribution is 2.72. The molecule has 0 saturated heterocycles. The number of carbonyl (C=O) groups is 2. The summed E-state index contributed by atoms with van der Waals surface area (Å²) >= 11 is 3.48. The second kappa shape index (κ2) is 4.04. The van der Waals surface area contributed by atoms with Crippen LogP contribution in [0.3, 0.4) is 0 Å². The van der Waals surface area contributed by atoms with Gasteiger partial charge in [0.05, 0.1) is 10.2 Å². The Hall–Kier alpha value is -0.420. The van der Waals surface area contributed by atoms with Gasteiger partial charge < -0.3 is 11.1 Å². The Morgan fingerprint density at radius 3 is 2.50 bits per heavy atom. The van der Waals surface area contributed by atoms with Gasteiger partial charge in [0, 0.05) is 18.5 Å². The van der Waals surface area contributed by atoms with Crippen LogP contribution >= 0.6 is 15.9 Å². The van der Waals surface area contributed by atoms with E-state index in [1.807, 2.05) is 20.8 Å². The zero-order chi connectivity index (χ0) is 13.8. The number of amides is 1. The van der Waals surface area contributed by atoms with Crippen molar-refractivity contribution >= 4 is 27.6 Å². The van der Waals surface area contributed by atoms with E-state index in [-0.39, 0.29) is 21.9 Å². The van der Waals surface area contributed by atoms with Gasteiger partial charge in [-0.25, -0.2) is 0 Å². The van der Waals surface area contributed by atoms with Crippen LogP contribution in [0.5, 0.6) is 0 Å². The normalized spacial score (nSPS) is 41.2. The van der Waals surface area contributed by atoms with Crippen molar-refractivity contribution in [3.63, 3.8) is 0 Å². The van der Waals surface area contributed by atoms with Crippen molar-refractivity contribution in [3.8, 4) is 0 Å². The van der Waals surface area contributed by atoms with E-state index in [1.54, 1.807) is 0 Å². The summed E-state index contributed by atoms with van der Waals surface area (Å²) in [6, 6.07) is 0. The minimum Gasteiger partial charge on any atom is -0.354 e. The summed E-state index contributed by atoms with van der Waals surface area (Å²) in [5.74, 6) is 0.135. The largest absolute Gasteiger partial charge is 0.354 e. The lowest BCUT2D eigenvalue weighted by Crippen LogP contribution is -2.51. The summed E-state index contributed by atoms with van der Waals surface area (Å²) in [5, 5.41) is 2.87. The number of rotatable bonds is 3. The lowest BCUT2D eigenvalue weighted by molar-refractivity contribution is -0.135.